The lowest BCUT2D eigenvalue weighted by atomic mass is 9.92. The predicted octanol–water partition coefficient (Wildman–Crippen LogP) is 4.87. The molecular weight excluding hydrogens is 376 g/mol. The van der Waals surface area contributed by atoms with Crippen LogP contribution in [0.1, 0.15) is 37.7 Å². The first-order valence-corrected chi connectivity index (χ1v) is 10.0. The average molecular weight is 407 g/mol. The van der Waals surface area contributed by atoms with E-state index in [2.05, 4.69) is 10.6 Å². The van der Waals surface area contributed by atoms with E-state index >= 15 is 0 Å². The van der Waals surface area contributed by atoms with E-state index < -0.39 is 0 Å². The van der Waals surface area contributed by atoms with E-state index in [9.17, 15) is 9.59 Å². The van der Waals surface area contributed by atoms with Crippen LogP contribution in [0.15, 0.2) is 48.5 Å². The lowest BCUT2D eigenvalue weighted by Crippen LogP contribution is -2.19. The first-order valence-electron chi connectivity index (χ1n) is 10.0. The SMILES string of the molecule is CN(C)c1ccc(NC(=O)c2cc3cc(NC(=O)CC(C)(C)C)ccc3n2C)cc1. The number of nitrogens with one attached hydrogen (secondary N) is 2. The summed E-state index contributed by atoms with van der Waals surface area (Å²) in [5, 5.41) is 6.80. The van der Waals surface area contributed by atoms with Gasteiger partial charge in [0.25, 0.3) is 5.91 Å². The minimum absolute atomic E-state index is 0.0167. The van der Waals surface area contributed by atoms with Crippen LogP contribution in [0.4, 0.5) is 17.1 Å². The summed E-state index contributed by atoms with van der Waals surface area (Å²) in [6, 6.07) is 15.2. The summed E-state index contributed by atoms with van der Waals surface area (Å²) in [7, 11) is 5.82. The van der Waals surface area contributed by atoms with Crippen LogP contribution in [0, 0.1) is 5.41 Å². The number of rotatable bonds is 5. The summed E-state index contributed by atoms with van der Waals surface area (Å²) in [6.07, 6.45) is 0.445. The maximum atomic E-state index is 12.8. The van der Waals surface area contributed by atoms with Gasteiger partial charge in [-0.25, -0.2) is 0 Å². The molecule has 0 fully saturated rings. The van der Waals surface area contributed by atoms with E-state index in [0.29, 0.717) is 12.1 Å². The molecule has 0 saturated carbocycles. The smallest absolute Gasteiger partial charge is 0.272 e. The molecule has 2 amide bonds. The molecule has 0 atom stereocenters. The normalized spacial score (nSPS) is 11.4. The van der Waals surface area contributed by atoms with Crippen molar-refractivity contribution in [3.05, 3.63) is 54.2 Å². The minimum atomic E-state index is -0.176. The van der Waals surface area contributed by atoms with Crippen molar-refractivity contribution in [2.75, 3.05) is 29.6 Å². The molecule has 3 aromatic rings. The largest absolute Gasteiger partial charge is 0.378 e. The van der Waals surface area contributed by atoms with Crippen LogP contribution < -0.4 is 15.5 Å². The molecule has 3 rings (SSSR count). The zero-order valence-electron chi connectivity index (χ0n) is 18.5. The first kappa shape index (κ1) is 21.4. The molecular formula is C24H30N4O2. The van der Waals surface area contributed by atoms with Gasteiger partial charge in [0.05, 0.1) is 0 Å². The number of nitrogens with zero attached hydrogens (tertiary/aromatic N) is 2. The molecule has 0 saturated heterocycles. The van der Waals surface area contributed by atoms with Crippen LogP contribution in [0.3, 0.4) is 0 Å². The molecule has 30 heavy (non-hydrogen) atoms. The molecule has 0 radical (unpaired) electrons. The van der Waals surface area contributed by atoms with Crippen LogP contribution >= 0.6 is 0 Å². The summed E-state index contributed by atoms with van der Waals surface area (Å²) >= 11 is 0. The zero-order chi connectivity index (χ0) is 22.1. The third-order valence-corrected chi connectivity index (χ3v) is 4.89. The second kappa shape index (κ2) is 8.22. The summed E-state index contributed by atoms with van der Waals surface area (Å²) in [5.74, 6) is -0.193. The maximum absolute atomic E-state index is 12.8. The molecule has 1 heterocycles. The van der Waals surface area contributed by atoms with Gasteiger partial charge < -0.3 is 20.1 Å². The monoisotopic (exact) mass is 406 g/mol. The third kappa shape index (κ3) is 5.00. The zero-order valence-corrected chi connectivity index (χ0v) is 18.5. The molecule has 0 bridgehead atoms. The van der Waals surface area contributed by atoms with Crippen molar-refractivity contribution in [2.24, 2.45) is 12.5 Å². The molecule has 6 nitrogen and oxygen atoms in total. The van der Waals surface area contributed by atoms with Gasteiger partial charge in [-0.1, -0.05) is 20.8 Å². The number of fused-ring (bicyclic) bond motifs is 1. The van der Waals surface area contributed by atoms with Gasteiger partial charge in [-0.15, -0.1) is 0 Å². The van der Waals surface area contributed by atoms with Crippen molar-refractivity contribution in [3.63, 3.8) is 0 Å². The Kier molecular flexibility index (Phi) is 5.87. The van der Waals surface area contributed by atoms with Gasteiger partial charge in [0.1, 0.15) is 5.69 Å². The third-order valence-electron chi connectivity index (χ3n) is 4.89. The number of benzene rings is 2. The number of hydrogen-bond donors (Lipinski definition) is 2. The molecule has 0 spiro atoms. The Balaban J connectivity index is 1.78. The number of hydrogen-bond acceptors (Lipinski definition) is 3. The summed E-state index contributed by atoms with van der Waals surface area (Å²) in [6.45, 7) is 6.10. The van der Waals surface area contributed by atoms with Gasteiger partial charge in [-0.3, -0.25) is 9.59 Å². The van der Waals surface area contributed by atoms with Crippen LogP contribution in [-0.4, -0.2) is 30.5 Å². The van der Waals surface area contributed by atoms with Crippen LogP contribution in [0.5, 0.6) is 0 Å². The molecule has 1 aromatic heterocycles. The number of aromatic nitrogens is 1. The van der Waals surface area contributed by atoms with Gasteiger partial charge in [0.2, 0.25) is 5.91 Å². The topological polar surface area (TPSA) is 66.4 Å². The number of carbonyl (C=O) groups excluding carboxylic acids is 2. The Morgan fingerprint density at radius 1 is 0.933 bits per heavy atom. The lowest BCUT2D eigenvalue weighted by Gasteiger charge is -2.17. The Bertz CT molecular complexity index is 1070. The maximum Gasteiger partial charge on any atom is 0.272 e. The van der Waals surface area contributed by atoms with Crippen LogP contribution in [0.2, 0.25) is 0 Å². The van der Waals surface area contributed by atoms with Crippen molar-refractivity contribution < 1.29 is 9.59 Å². The lowest BCUT2D eigenvalue weighted by molar-refractivity contribution is -0.117. The van der Waals surface area contributed by atoms with Crippen molar-refractivity contribution in [1.29, 1.82) is 0 Å². The van der Waals surface area contributed by atoms with Crippen molar-refractivity contribution in [3.8, 4) is 0 Å². The number of carbonyl (C=O) groups is 2. The second-order valence-electron chi connectivity index (χ2n) is 9.04. The quantitative estimate of drug-likeness (QED) is 0.635. The molecule has 0 unspecified atom stereocenters. The van der Waals surface area contributed by atoms with Gasteiger partial charge >= 0.3 is 0 Å². The second-order valence-corrected chi connectivity index (χ2v) is 9.04. The molecule has 0 aliphatic heterocycles. The fraction of sp³-hybridized carbons (Fsp3) is 0.333. The molecule has 0 aliphatic rings. The van der Waals surface area contributed by atoms with Crippen LogP contribution in [-0.2, 0) is 11.8 Å². The van der Waals surface area contributed by atoms with Gasteiger partial charge in [0.15, 0.2) is 0 Å². The van der Waals surface area contributed by atoms with E-state index in [1.807, 2.05) is 99.9 Å². The fourth-order valence-corrected chi connectivity index (χ4v) is 3.37. The average Bonchev–Trinajstić information content (AvgIpc) is 2.96. The first-order chi connectivity index (χ1) is 14.0. The van der Waals surface area contributed by atoms with Gasteiger partial charge in [0, 0.05) is 55.5 Å². The Morgan fingerprint density at radius 2 is 1.57 bits per heavy atom. The molecule has 2 aromatic carbocycles. The van der Waals surface area contributed by atoms with E-state index in [0.717, 1.165) is 28.0 Å². The summed E-state index contributed by atoms with van der Waals surface area (Å²) in [4.78, 5) is 27.1. The highest BCUT2D eigenvalue weighted by Gasteiger charge is 2.17. The van der Waals surface area contributed by atoms with Crippen molar-refractivity contribution >= 4 is 39.8 Å². The standard InChI is InChI=1S/C24H30N4O2/c1-24(2,3)15-22(29)25-18-9-12-20-16(13-18)14-21(28(20)6)23(30)26-17-7-10-19(11-8-17)27(4)5/h7-14H,15H2,1-6H3,(H,25,29)(H,26,30). The highest BCUT2D eigenvalue weighted by molar-refractivity contribution is 6.07. The highest BCUT2D eigenvalue weighted by Crippen LogP contribution is 2.25. The Morgan fingerprint density at radius 3 is 2.17 bits per heavy atom. The van der Waals surface area contributed by atoms with E-state index in [-0.39, 0.29) is 17.2 Å². The van der Waals surface area contributed by atoms with E-state index in [1.54, 1.807) is 0 Å². The van der Waals surface area contributed by atoms with Crippen LogP contribution in [0.25, 0.3) is 10.9 Å². The number of aryl methyl sites for hydroxylation is 1. The van der Waals surface area contributed by atoms with Gasteiger partial charge in [-0.2, -0.15) is 0 Å². The molecule has 0 aliphatic carbocycles. The van der Waals surface area contributed by atoms with E-state index in [1.165, 1.54) is 0 Å². The van der Waals surface area contributed by atoms with Crippen molar-refractivity contribution in [1.82, 2.24) is 4.57 Å². The van der Waals surface area contributed by atoms with Gasteiger partial charge in [-0.05, 0) is 53.9 Å². The van der Waals surface area contributed by atoms with Crippen molar-refractivity contribution in [2.45, 2.75) is 27.2 Å². The highest BCUT2D eigenvalue weighted by atomic mass is 16.2. The Hall–Kier alpha value is -3.28. The summed E-state index contributed by atoms with van der Waals surface area (Å²) < 4.78 is 1.86. The summed E-state index contributed by atoms with van der Waals surface area (Å²) in [5.41, 5.74) is 3.95. The molecule has 6 heteroatoms. The number of amides is 2. The predicted molar refractivity (Wildman–Crippen MR) is 124 cm³/mol. The molecule has 2 N–H and O–H groups in total. The molecule has 158 valence electrons. The van der Waals surface area contributed by atoms with E-state index in [4.69, 9.17) is 0 Å². The Labute approximate surface area is 177 Å². The number of anilines is 3. The fourth-order valence-electron chi connectivity index (χ4n) is 3.37. The minimum Gasteiger partial charge on any atom is -0.378 e.